The molecule has 0 aliphatic heterocycles. The summed E-state index contributed by atoms with van der Waals surface area (Å²) in [6.45, 7) is 14.6. The van der Waals surface area contributed by atoms with Crippen LogP contribution in [0.1, 0.15) is 80.1 Å². The lowest BCUT2D eigenvalue weighted by molar-refractivity contribution is -0.139. The van der Waals surface area contributed by atoms with Gasteiger partial charge in [0.2, 0.25) is 0 Å². The average molecular weight is 290 g/mol. The van der Waals surface area contributed by atoms with Gasteiger partial charge in [-0.25, -0.2) is 0 Å². The molecule has 4 rings (SSSR count). The van der Waals surface area contributed by atoms with Gasteiger partial charge in [0.15, 0.2) is 0 Å². The lowest BCUT2D eigenvalue weighted by Crippen LogP contribution is -2.42. The summed E-state index contributed by atoms with van der Waals surface area (Å²) in [5, 5.41) is 0. The molecule has 0 N–H and O–H groups in total. The minimum atomic E-state index is 0.246. The van der Waals surface area contributed by atoms with Gasteiger partial charge in [-0.05, 0) is 62.2 Å². The van der Waals surface area contributed by atoms with Crippen LogP contribution in [0.4, 0.5) is 0 Å². The van der Waals surface area contributed by atoms with E-state index in [1.807, 2.05) is 0 Å². The summed E-state index contributed by atoms with van der Waals surface area (Å²) in [4.78, 5) is 0. The molecule has 0 bridgehead atoms. The summed E-state index contributed by atoms with van der Waals surface area (Å²) in [6.07, 6.45) is 8.11. The Bertz CT molecular complexity index is 422. The van der Waals surface area contributed by atoms with E-state index in [1.54, 1.807) is 0 Å². The van der Waals surface area contributed by atoms with Crippen molar-refractivity contribution in [1.29, 1.82) is 0 Å². The first-order valence-electron chi connectivity index (χ1n) is 9.54. The molecule has 120 valence electrons. The Balaban J connectivity index is 1.63. The van der Waals surface area contributed by atoms with E-state index in [0.29, 0.717) is 10.8 Å². The van der Waals surface area contributed by atoms with Gasteiger partial charge in [0.25, 0.3) is 0 Å². The Morgan fingerprint density at radius 3 is 1.10 bits per heavy atom. The zero-order valence-electron chi connectivity index (χ0n) is 15.0. The third-order valence-electron chi connectivity index (χ3n) is 8.71. The minimum Gasteiger partial charge on any atom is -0.367 e. The van der Waals surface area contributed by atoms with E-state index in [9.17, 15) is 0 Å². The fourth-order valence-electron chi connectivity index (χ4n) is 6.73. The predicted octanol–water partition coefficient (Wildman–Crippen LogP) is 5.43. The van der Waals surface area contributed by atoms with Crippen LogP contribution >= 0.6 is 0 Å². The first-order chi connectivity index (χ1) is 9.84. The van der Waals surface area contributed by atoms with Gasteiger partial charge in [-0.15, -0.1) is 0 Å². The second-order valence-electron chi connectivity index (χ2n) is 9.32. The van der Waals surface area contributed by atoms with E-state index < -0.39 is 0 Å². The summed E-state index contributed by atoms with van der Waals surface area (Å²) in [5.74, 6) is 3.34. The third kappa shape index (κ3) is 1.48. The van der Waals surface area contributed by atoms with Crippen molar-refractivity contribution in [3.05, 3.63) is 0 Å². The molecule has 8 unspecified atom stereocenters. The Hall–Kier alpha value is -0.0400. The number of hydrogen-bond donors (Lipinski definition) is 0. The van der Waals surface area contributed by atoms with Crippen LogP contribution in [-0.2, 0) is 4.74 Å². The lowest BCUT2D eigenvalue weighted by Gasteiger charge is -2.38. The molecule has 1 heteroatoms. The van der Waals surface area contributed by atoms with Crippen LogP contribution in [0.5, 0.6) is 0 Å². The predicted molar refractivity (Wildman–Crippen MR) is 87.1 cm³/mol. The van der Waals surface area contributed by atoms with Crippen molar-refractivity contribution in [2.45, 2.75) is 91.3 Å². The Kier molecular flexibility index (Phi) is 2.69. The Morgan fingerprint density at radius 2 is 0.952 bits per heavy atom. The summed E-state index contributed by atoms with van der Waals surface area (Å²) in [5.41, 5.74) is 1.54. The molecular weight excluding hydrogens is 256 g/mol. The van der Waals surface area contributed by atoms with Crippen molar-refractivity contribution < 1.29 is 4.74 Å². The molecule has 0 amide bonds. The zero-order chi connectivity index (χ0) is 15.3. The first-order valence-corrected chi connectivity index (χ1v) is 9.54. The highest BCUT2D eigenvalue weighted by atomic mass is 16.5. The second-order valence-corrected chi connectivity index (χ2v) is 9.32. The lowest BCUT2D eigenvalue weighted by atomic mass is 9.85. The third-order valence-corrected chi connectivity index (χ3v) is 8.71. The van der Waals surface area contributed by atoms with Crippen LogP contribution in [0.2, 0.25) is 0 Å². The van der Waals surface area contributed by atoms with Gasteiger partial charge in [0, 0.05) is 10.8 Å². The first kappa shape index (κ1) is 14.5. The van der Waals surface area contributed by atoms with Gasteiger partial charge in [0.05, 0.1) is 11.2 Å². The molecule has 0 saturated heterocycles. The van der Waals surface area contributed by atoms with E-state index in [-0.39, 0.29) is 11.2 Å². The molecule has 4 saturated carbocycles. The maximum atomic E-state index is 7.25. The summed E-state index contributed by atoms with van der Waals surface area (Å²) < 4.78 is 7.25. The largest absolute Gasteiger partial charge is 0.367 e. The van der Waals surface area contributed by atoms with Crippen LogP contribution in [0.3, 0.4) is 0 Å². The SMILES string of the molecule is CCC1(C2(OC3(C4(CC)CC4C)CC3C)CC2C)CC1C. The fourth-order valence-corrected chi connectivity index (χ4v) is 6.73. The smallest absolute Gasteiger partial charge is 0.0778 e. The van der Waals surface area contributed by atoms with Gasteiger partial charge < -0.3 is 4.74 Å². The van der Waals surface area contributed by atoms with E-state index in [2.05, 4.69) is 41.5 Å². The van der Waals surface area contributed by atoms with Crippen LogP contribution in [0.15, 0.2) is 0 Å². The average Bonchev–Trinajstić information content (AvgIpc) is 3.33. The van der Waals surface area contributed by atoms with Crippen LogP contribution in [0.25, 0.3) is 0 Å². The maximum Gasteiger partial charge on any atom is 0.0778 e. The van der Waals surface area contributed by atoms with Crippen LogP contribution in [-0.4, -0.2) is 11.2 Å². The van der Waals surface area contributed by atoms with E-state index in [1.165, 1.54) is 38.5 Å². The highest BCUT2D eigenvalue weighted by molar-refractivity contribution is 5.29. The van der Waals surface area contributed by atoms with Crippen molar-refractivity contribution in [2.75, 3.05) is 0 Å². The monoisotopic (exact) mass is 290 g/mol. The molecule has 4 fully saturated rings. The highest BCUT2D eigenvalue weighted by Gasteiger charge is 2.81. The molecule has 4 aliphatic rings. The van der Waals surface area contributed by atoms with Gasteiger partial charge in [-0.2, -0.15) is 0 Å². The molecule has 0 heterocycles. The molecule has 0 aromatic rings. The van der Waals surface area contributed by atoms with Crippen molar-refractivity contribution in [2.24, 2.45) is 34.5 Å². The fraction of sp³-hybridized carbons (Fsp3) is 1.00. The normalized spacial score (nSPS) is 64.3. The van der Waals surface area contributed by atoms with Gasteiger partial charge in [-0.3, -0.25) is 0 Å². The molecule has 8 atom stereocenters. The van der Waals surface area contributed by atoms with Crippen molar-refractivity contribution >= 4 is 0 Å². The summed E-state index contributed by atoms with van der Waals surface area (Å²) >= 11 is 0. The van der Waals surface area contributed by atoms with Crippen molar-refractivity contribution in [3.63, 3.8) is 0 Å². The van der Waals surface area contributed by atoms with Crippen LogP contribution in [0, 0.1) is 34.5 Å². The van der Waals surface area contributed by atoms with E-state index in [4.69, 9.17) is 4.74 Å². The molecule has 0 radical (unpaired) electrons. The molecule has 0 aromatic carbocycles. The summed E-state index contributed by atoms with van der Waals surface area (Å²) in [7, 11) is 0. The number of rotatable bonds is 6. The van der Waals surface area contributed by atoms with E-state index in [0.717, 1.165) is 23.7 Å². The second kappa shape index (κ2) is 3.89. The molecule has 0 aromatic heterocycles. The number of ether oxygens (including phenoxy) is 1. The zero-order valence-corrected chi connectivity index (χ0v) is 15.0. The van der Waals surface area contributed by atoms with Gasteiger partial charge >= 0.3 is 0 Å². The highest BCUT2D eigenvalue weighted by Crippen LogP contribution is 2.80. The standard InChI is InChI=1S/C20H34O/c1-7-17(9-13(17)3)19(11-15(19)5)21-20(12-16(20)6)18(8-2)10-14(18)4/h13-16H,7-12H2,1-6H3. The molecule has 1 nitrogen and oxygen atoms in total. The molecular formula is C20H34O. The molecule has 4 aliphatic carbocycles. The Morgan fingerprint density at radius 1 is 0.667 bits per heavy atom. The Labute approximate surface area is 131 Å². The van der Waals surface area contributed by atoms with Crippen LogP contribution < -0.4 is 0 Å². The van der Waals surface area contributed by atoms with Gasteiger partial charge in [-0.1, -0.05) is 41.5 Å². The topological polar surface area (TPSA) is 9.23 Å². The maximum absolute atomic E-state index is 7.25. The van der Waals surface area contributed by atoms with Crippen molar-refractivity contribution in [3.8, 4) is 0 Å². The van der Waals surface area contributed by atoms with Crippen molar-refractivity contribution in [1.82, 2.24) is 0 Å². The minimum absolute atomic E-state index is 0.246. The molecule has 21 heavy (non-hydrogen) atoms. The van der Waals surface area contributed by atoms with E-state index >= 15 is 0 Å². The molecule has 0 spiro atoms. The number of hydrogen-bond acceptors (Lipinski definition) is 1. The summed E-state index contributed by atoms with van der Waals surface area (Å²) in [6, 6.07) is 0. The quantitative estimate of drug-likeness (QED) is 0.633. The van der Waals surface area contributed by atoms with Gasteiger partial charge in [0.1, 0.15) is 0 Å².